The minimum absolute atomic E-state index is 0.696. The third-order valence-electron chi connectivity index (χ3n) is 3.54. The molecule has 17 heavy (non-hydrogen) atoms. The first-order chi connectivity index (χ1) is 8.38. The fourth-order valence-corrected chi connectivity index (χ4v) is 2.45. The molecule has 4 heteroatoms. The van der Waals surface area contributed by atoms with Crippen LogP contribution in [0, 0.1) is 0 Å². The van der Waals surface area contributed by atoms with Crippen LogP contribution in [0.4, 0.5) is 0 Å². The Labute approximate surface area is 104 Å². The van der Waals surface area contributed by atoms with E-state index in [2.05, 4.69) is 22.2 Å². The molecule has 2 rings (SSSR count). The molecule has 1 saturated heterocycles. The molecule has 0 spiro atoms. The van der Waals surface area contributed by atoms with Crippen LogP contribution in [0.2, 0.25) is 0 Å². The normalized spacial score (nSPS) is 20.9. The van der Waals surface area contributed by atoms with Crippen molar-refractivity contribution in [3.8, 4) is 0 Å². The third kappa shape index (κ3) is 4.13. The fraction of sp³-hybridized carbons (Fsp3) is 0.769. The van der Waals surface area contributed by atoms with Gasteiger partial charge < -0.3 is 10.2 Å². The number of hydrogen-bond acceptors (Lipinski definition) is 3. The van der Waals surface area contributed by atoms with E-state index in [1.165, 1.54) is 32.4 Å². The van der Waals surface area contributed by atoms with Gasteiger partial charge in [-0.05, 0) is 32.0 Å². The molecule has 0 saturated carbocycles. The van der Waals surface area contributed by atoms with E-state index in [1.807, 2.05) is 23.1 Å². The summed E-state index contributed by atoms with van der Waals surface area (Å²) in [7, 11) is 0. The van der Waals surface area contributed by atoms with Gasteiger partial charge in [0.2, 0.25) is 0 Å². The molecule has 0 aromatic carbocycles. The molecule has 1 aliphatic heterocycles. The predicted octanol–water partition coefficient (Wildman–Crippen LogP) is 1.35. The van der Waals surface area contributed by atoms with Gasteiger partial charge in [-0.15, -0.1) is 0 Å². The number of likely N-dealkylation sites (N-methyl/N-ethyl adjacent to an activating group) is 1. The molecule has 1 aliphatic rings. The highest BCUT2D eigenvalue weighted by Gasteiger charge is 2.15. The maximum absolute atomic E-state index is 4.24. The van der Waals surface area contributed by atoms with Crippen molar-refractivity contribution >= 4 is 0 Å². The zero-order chi connectivity index (χ0) is 11.9. The summed E-state index contributed by atoms with van der Waals surface area (Å²) >= 11 is 0. The molecule has 1 N–H and O–H groups in total. The highest BCUT2D eigenvalue weighted by Crippen LogP contribution is 2.08. The molecule has 0 radical (unpaired) electrons. The van der Waals surface area contributed by atoms with E-state index in [4.69, 9.17) is 0 Å². The first-order valence-corrected chi connectivity index (χ1v) is 6.81. The van der Waals surface area contributed by atoms with Crippen LogP contribution in [-0.2, 0) is 6.54 Å². The number of aromatic nitrogens is 2. The molecule has 1 fully saturated rings. The summed E-state index contributed by atoms with van der Waals surface area (Å²) in [5.74, 6) is 0. The van der Waals surface area contributed by atoms with Crippen LogP contribution >= 0.6 is 0 Å². The quantitative estimate of drug-likeness (QED) is 0.809. The van der Waals surface area contributed by atoms with Gasteiger partial charge >= 0.3 is 0 Å². The Bertz CT molecular complexity index is 290. The topological polar surface area (TPSA) is 33.1 Å². The molecule has 96 valence electrons. The summed E-state index contributed by atoms with van der Waals surface area (Å²) < 4.78 is 2.01. The highest BCUT2D eigenvalue weighted by atomic mass is 15.3. The average Bonchev–Trinajstić information content (AvgIpc) is 2.89. The summed E-state index contributed by atoms with van der Waals surface area (Å²) in [6.07, 6.45) is 7.94. The van der Waals surface area contributed by atoms with Crippen molar-refractivity contribution in [2.24, 2.45) is 0 Å². The van der Waals surface area contributed by atoms with Gasteiger partial charge in [0, 0.05) is 31.5 Å². The molecule has 2 heterocycles. The Hall–Kier alpha value is -0.870. The van der Waals surface area contributed by atoms with Gasteiger partial charge in [0.15, 0.2) is 0 Å². The second kappa shape index (κ2) is 6.77. The number of hydrogen-bond donors (Lipinski definition) is 1. The zero-order valence-corrected chi connectivity index (χ0v) is 10.8. The lowest BCUT2D eigenvalue weighted by Gasteiger charge is -2.29. The Morgan fingerprint density at radius 3 is 3.06 bits per heavy atom. The van der Waals surface area contributed by atoms with E-state index >= 15 is 0 Å². The standard InChI is InChI=1S/C13H24N4/c1-2-16(10-11-17-9-5-8-15-17)12-13-6-3-4-7-14-13/h5,8-9,13-14H,2-4,6-7,10-12H2,1H3. The highest BCUT2D eigenvalue weighted by molar-refractivity contribution is 4.79. The van der Waals surface area contributed by atoms with Crippen LogP contribution in [0.3, 0.4) is 0 Å². The van der Waals surface area contributed by atoms with E-state index in [0.717, 1.165) is 19.6 Å². The number of nitrogens with zero attached hydrogens (tertiary/aromatic N) is 3. The maximum atomic E-state index is 4.24. The van der Waals surface area contributed by atoms with Crippen molar-refractivity contribution in [2.45, 2.75) is 38.8 Å². The van der Waals surface area contributed by atoms with Crippen molar-refractivity contribution in [3.63, 3.8) is 0 Å². The minimum atomic E-state index is 0.696. The lowest BCUT2D eigenvalue weighted by atomic mass is 10.0. The fourth-order valence-electron chi connectivity index (χ4n) is 2.45. The van der Waals surface area contributed by atoms with Gasteiger partial charge in [-0.3, -0.25) is 4.68 Å². The maximum Gasteiger partial charge on any atom is 0.0536 e. The lowest BCUT2D eigenvalue weighted by Crippen LogP contribution is -2.44. The summed E-state index contributed by atoms with van der Waals surface area (Å²) in [5, 5.41) is 7.86. The van der Waals surface area contributed by atoms with Gasteiger partial charge in [0.1, 0.15) is 0 Å². The third-order valence-corrected chi connectivity index (χ3v) is 3.54. The summed E-state index contributed by atoms with van der Waals surface area (Å²) in [6, 6.07) is 2.68. The summed E-state index contributed by atoms with van der Waals surface area (Å²) in [6.45, 7) is 7.83. The number of nitrogens with one attached hydrogen (secondary N) is 1. The Balaban J connectivity index is 1.72. The van der Waals surface area contributed by atoms with Crippen LogP contribution in [-0.4, -0.2) is 46.9 Å². The lowest BCUT2D eigenvalue weighted by molar-refractivity contribution is 0.223. The molecule has 0 aliphatic carbocycles. The molecule has 1 unspecified atom stereocenters. The number of rotatable bonds is 6. The van der Waals surface area contributed by atoms with Gasteiger partial charge in [0.25, 0.3) is 0 Å². The molecule has 0 bridgehead atoms. The summed E-state index contributed by atoms with van der Waals surface area (Å²) in [4.78, 5) is 2.52. The van der Waals surface area contributed by atoms with Crippen molar-refractivity contribution in [1.82, 2.24) is 20.0 Å². The molecule has 1 aromatic heterocycles. The first kappa shape index (κ1) is 12.6. The first-order valence-electron chi connectivity index (χ1n) is 6.81. The van der Waals surface area contributed by atoms with Crippen molar-refractivity contribution in [3.05, 3.63) is 18.5 Å². The van der Waals surface area contributed by atoms with Crippen molar-refractivity contribution < 1.29 is 0 Å². The molecule has 4 nitrogen and oxygen atoms in total. The largest absolute Gasteiger partial charge is 0.313 e. The Morgan fingerprint density at radius 1 is 1.47 bits per heavy atom. The molecule has 1 atom stereocenters. The molecule has 1 aromatic rings. The minimum Gasteiger partial charge on any atom is -0.313 e. The van der Waals surface area contributed by atoms with Crippen molar-refractivity contribution in [2.75, 3.05) is 26.2 Å². The molecular formula is C13H24N4. The monoisotopic (exact) mass is 236 g/mol. The number of piperidine rings is 1. The van der Waals surface area contributed by atoms with E-state index in [-0.39, 0.29) is 0 Å². The molecule has 0 amide bonds. The predicted molar refractivity (Wildman–Crippen MR) is 70.0 cm³/mol. The van der Waals surface area contributed by atoms with Gasteiger partial charge in [-0.2, -0.15) is 5.10 Å². The van der Waals surface area contributed by atoms with Crippen LogP contribution < -0.4 is 5.32 Å². The molecular weight excluding hydrogens is 212 g/mol. The van der Waals surface area contributed by atoms with Crippen LogP contribution in [0.1, 0.15) is 26.2 Å². The zero-order valence-electron chi connectivity index (χ0n) is 10.8. The second-order valence-electron chi connectivity index (χ2n) is 4.81. The smallest absolute Gasteiger partial charge is 0.0536 e. The van der Waals surface area contributed by atoms with E-state index in [9.17, 15) is 0 Å². The van der Waals surface area contributed by atoms with Crippen LogP contribution in [0.5, 0.6) is 0 Å². The van der Waals surface area contributed by atoms with E-state index in [1.54, 1.807) is 0 Å². The van der Waals surface area contributed by atoms with Gasteiger partial charge in [-0.1, -0.05) is 13.3 Å². The van der Waals surface area contributed by atoms with Crippen molar-refractivity contribution in [1.29, 1.82) is 0 Å². The van der Waals surface area contributed by atoms with E-state index < -0.39 is 0 Å². The Morgan fingerprint density at radius 2 is 2.41 bits per heavy atom. The van der Waals surface area contributed by atoms with E-state index in [0.29, 0.717) is 6.04 Å². The van der Waals surface area contributed by atoms with Crippen LogP contribution in [0.15, 0.2) is 18.5 Å². The second-order valence-corrected chi connectivity index (χ2v) is 4.81. The SMILES string of the molecule is CCN(CCn1cccn1)CC1CCCCN1. The summed E-state index contributed by atoms with van der Waals surface area (Å²) in [5.41, 5.74) is 0. The average molecular weight is 236 g/mol. The van der Waals surface area contributed by atoms with Gasteiger partial charge in [0.05, 0.1) is 6.54 Å². The van der Waals surface area contributed by atoms with Gasteiger partial charge in [-0.25, -0.2) is 0 Å². The Kier molecular flexibility index (Phi) is 5.01. The van der Waals surface area contributed by atoms with Crippen LogP contribution in [0.25, 0.3) is 0 Å².